The summed E-state index contributed by atoms with van der Waals surface area (Å²) in [5.74, 6) is 0.368. The molecule has 0 amide bonds. The van der Waals surface area contributed by atoms with E-state index in [1.54, 1.807) is 19.2 Å². The van der Waals surface area contributed by atoms with E-state index in [-0.39, 0.29) is 5.75 Å². The van der Waals surface area contributed by atoms with Crippen LogP contribution in [0.15, 0.2) is 18.2 Å². The molecule has 1 aliphatic rings. The fourth-order valence-corrected chi connectivity index (χ4v) is 3.41. The minimum absolute atomic E-state index is 0.223. The third kappa shape index (κ3) is 3.55. The molecule has 0 aliphatic heterocycles. The summed E-state index contributed by atoms with van der Waals surface area (Å²) in [6.07, 6.45) is 3.70. The summed E-state index contributed by atoms with van der Waals surface area (Å²) >= 11 is 0. The summed E-state index contributed by atoms with van der Waals surface area (Å²) in [5.41, 5.74) is 0.254. The molecule has 1 saturated carbocycles. The lowest BCUT2D eigenvalue weighted by Gasteiger charge is -2.42. The highest BCUT2D eigenvalue weighted by Gasteiger charge is 2.41. The number of benzene rings is 1. The number of hydrogen-bond donors (Lipinski definition) is 1. The fourth-order valence-electron chi connectivity index (χ4n) is 3.41. The van der Waals surface area contributed by atoms with Gasteiger partial charge in [-0.15, -0.1) is 0 Å². The summed E-state index contributed by atoms with van der Waals surface area (Å²) < 4.78 is 24.3. The van der Waals surface area contributed by atoms with E-state index < -0.39 is 17.5 Å². The third-order valence-corrected chi connectivity index (χ3v) is 4.65. The largest absolute Gasteiger partial charge is 0.494 e. The zero-order chi connectivity index (χ0) is 15.5. The maximum atomic E-state index is 13.7. The van der Waals surface area contributed by atoms with Gasteiger partial charge in [0.25, 0.3) is 0 Å². The Morgan fingerprint density at radius 2 is 2.19 bits per heavy atom. The van der Waals surface area contributed by atoms with Crippen LogP contribution in [0.4, 0.5) is 4.39 Å². The topological polar surface area (TPSA) is 38.7 Å². The summed E-state index contributed by atoms with van der Waals surface area (Å²) in [6, 6.07) is 4.82. The quantitative estimate of drug-likeness (QED) is 0.906. The summed E-state index contributed by atoms with van der Waals surface area (Å²) in [6.45, 7) is 2.19. The molecule has 3 unspecified atom stereocenters. The predicted molar refractivity (Wildman–Crippen MR) is 80.0 cm³/mol. The van der Waals surface area contributed by atoms with Crippen LogP contribution in [0.5, 0.6) is 5.75 Å². The molecule has 1 aliphatic carbocycles. The Labute approximate surface area is 126 Å². The van der Waals surface area contributed by atoms with E-state index in [9.17, 15) is 9.50 Å². The number of halogens is 1. The first-order valence-electron chi connectivity index (χ1n) is 7.56. The molecule has 21 heavy (non-hydrogen) atoms. The maximum absolute atomic E-state index is 13.7. The Balaban J connectivity index is 2.12. The molecular formula is C17H25FO3. The van der Waals surface area contributed by atoms with Crippen molar-refractivity contribution in [3.8, 4) is 5.75 Å². The van der Waals surface area contributed by atoms with E-state index in [2.05, 4.69) is 6.92 Å². The van der Waals surface area contributed by atoms with Gasteiger partial charge in [0.1, 0.15) is 0 Å². The minimum atomic E-state index is -0.627. The Morgan fingerprint density at radius 3 is 2.76 bits per heavy atom. The van der Waals surface area contributed by atoms with Crippen molar-refractivity contribution in [1.82, 2.24) is 0 Å². The molecule has 0 heterocycles. The number of methoxy groups -OCH3 is 2. The van der Waals surface area contributed by atoms with E-state index in [1.807, 2.05) is 0 Å². The van der Waals surface area contributed by atoms with Crippen molar-refractivity contribution in [2.45, 2.75) is 50.7 Å². The number of hydrogen-bond acceptors (Lipinski definition) is 3. The Bertz CT molecular complexity index is 477. The van der Waals surface area contributed by atoms with E-state index in [4.69, 9.17) is 9.47 Å². The number of ether oxygens (including phenoxy) is 2. The average molecular weight is 296 g/mol. The normalized spacial score (nSPS) is 27.4. The van der Waals surface area contributed by atoms with Crippen LogP contribution >= 0.6 is 0 Å². The van der Waals surface area contributed by atoms with Crippen LogP contribution in [-0.4, -0.2) is 31.0 Å². The number of aliphatic hydroxyl groups excluding tert-OH is 1. The van der Waals surface area contributed by atoms with Crippen LogP contribution in [-0.2, 0) is 11.2 Å². The van der Waals surface area contributed by atoms with Gasteiger partial charge in [-0.1, -0.05) is 25.8 Å². The lowest BCUT2D eigenvalue weighted by Crippen LogP contribution is -2.48. The second-order valence-electron chi connectivity index (χ2n) is 6.16. The van der Waals surface area contributed by atoms with Crippen LogP contribution in [0.2, 0.25) is 0 Å². The first kappa shape index (κ1) is 16.2. The Kier molecular flexibility index (Phi) is 5.22. The van der Waals surface area contributed by atoms with Gasteiger partial charge in [0.2, 0.25) is 0 Å². The van der Waals surface area contributed by atoms with Gasteiger partial charge in [0.15, 0.2) is 11.6 Å². The van der Waals surface area contributed by atoms with E-state index in [0.717, 1.165) is 24.8 Å². The van der Waals surface area contributed by atoms with Gasteiger partial charge in [-0.05, 0) is 36.5 Å². The van der Waals surface area contributed by atoms with Gasteiger partial charge in [0.05, 0.1) is 18.8 Å². The highest BCUT2D eigenvalue weighted by atomic mass is 19.1. The molecule has 0 spiro atoms. The fraction of sp³-hybridized carbons (Fsp3) is 0.647. The Hall–Kier alpha value is -1.13. The molecule has 1 N–H and O–H groups in total. The van der Waals surface area contributed by atoms with Crippen molar-refractivity contribution in [1.29, 1.82) is 0 Å². The van der Waals surface area contributed by atoms with Crippen molar-refractivity contribution >= 4 is 0 Å². The monoisotopic (exact) mass is 296 g/mol. The molecule has 3 nitrogen and oxygen atoms in total. The van der Waals surface area contributed by atoms with Crippen LogP contribution < -0.4 is 4.74 Å². The maximum Gasteiger partial charge on any atom is 0.165 e. The van der Waals surface area contributed by atoms with Gasteiger partial charge in [-0.3, -0.25) is 0 Å². The van der Waals surface area contributed by atoms with Crippen LogP contribution in [0.3, 0.4) is 0 Å². The lowest BCUT2D eigenvalue weighted by atomic mass is 9.74. The Morgan fingerprint density at radius 1 is 1.43 bits per heavy atom. The molecule has 4 heteroatoms. The third-order valence-electron chi connectivity index (χ3n) is 4.65. The first-order chi connectivity index (χ1) is 10.0. The smallest absolute Gasteiger partial charge is 0.165 e. The summed E-state index contributed by atoms with van der Waals surface area (Å²) in [5, 5.41) is 10.6. The SMILES string of the molecule is COc1ccc(CC(O)C2(OC)CCCC(C)C2)cc1F. The minimum Gasteiger partial charge on any atom is -0.494 e. The molecule has 2 rings (SSSR count). The number of aliphatic hydroxyl groups is 1. The molecule has 1 fully saturated rings. The van der Waals surface area contributed by atoms with Gasteiger partial charge in [0, 0.05) is 13.5 Å². The predicted octanol–water partition coefficient (Wildman–Crippen LogP) is 3.33. The van der Waals surface area contributed by atoms with E-state index >= 15 is 0 Å². The standard InChI is InChI=1S/C17H25FO3/c1-12-5-4-8-17(11-12,21-3)16(19)10-13-6-7-15(20-2)14(18)9-13/h6-7,9,12,16,19H,4-5,8,10-11H2,1-3H3. The lowest BCUT2D eigenvalue weighted by molar-refractivity contribution is -0.131. The van der Waals surface area contributed by atoms with Crippen LogP contribution in [0, 0.1) is 11.7 Å². The molecule has 1 aromatic carbocycles. The number of rotatable bonds is 5. The highest BCUT2D eigenvalue weighted by Crippen LogP contribution is 2.38. The summed E-state index contributed by atoms with van der Waals surface area (Å²) in [7, 11) is 3.10. The van der Waals surface area contributed by atoms with Crippen molar-refractivity contribution in [3.63, 3.8) is 0 Å². The molecule has 1 aromatic rings. The van der Waals surface area contributed by atoms with Crippen molar-refractivity contribution in [2.75, 3.05) is 14.2 Å². The van der Waals surface area contributed by atoms with Crippen molar-refractivity contribution in [2.24, 2.45) is 5.92 Å². The molecule has 0 aromatic heterocycles. The highest BCUT2D eigenvalue weighted by molar-refractivity contribution is 5.29. The van der Waals surface area contributed by atoms with Crippen molar-refractivity contribution < 1.29 is 19.0 Å². The van der Waals surface area contributed by atoms with Crippen LogP contribution in [0.25, 0.3) is 0 Å². The zero-order valence-electron chi connectivity index (χ0n) is 13.1. The van der Waals surface area contributed by atoms with Gasteiger partial charge < -0.3 is 14.6 Å². The molecule has 3 atom stereocenters. The van der Waals surface area contributed by atoms with Gasteiger partial charge in [-0.2, -0.15) is 0 Å². The average Bonchev–Trinajstić information content (AvgIpc) is 2.47. The summed E-state index contributed by atoms with van der Waals surface area (Å²) in [4.78, 5) is 0. The van der Waals surface area contributed by atoms with E-state index in [1.165, 1.54) is 19.6 Å². The second kappa shape index (κ2) is 6.75. The molecule has 0 saturated heterocycles. The molecular weight excluding hydrogens is 271 g/mol. The van der Waals surface area contributed by atoms with Crippen LogP contribution in [0.1, 0.15) is 38.2 Å². The molecule has 0 bridgehead atoms. The molecule has 0 radical (unpaired) electrons. The zero-order valence-corrected chi connectivity index (χ0v) is 13.1. The first-order valence-corrected chi connectivity index (χ1v) is 7.56. The molecule has 118 valence electrons. The second-order valence-corrected chi connectivity index (χ2v) is 6.16. The van der Waals surface area contributed by atoms with Gasteiger partial charge in [-0.25, -0.2) is 4.39 Å². The van der Waals surface area contributed by atoms with Crippen molar-refractivity contribution in [3.05, 3.63) is 29.6 Å². The van der Waals surface area contributed by atoms with E-state index in [0.29, 0.717) is 12.3 Å². The van der Waals surface area contributed by atoms with Gasteiger partial charge >= 0.3 is 0 Å².